The molecule has 0 bridgehead atoms. The van der Waals surface area contributed by atoms with Crippen LogP contribution in [0.3, 0.4) is 0 Å². The topological polar surface area (TPSA) is 50.8 Å². The van der Waals surface area contributed by atoms with Gasteiger partial charge in [0.1, 0.15) is 5.75 Å². The van der Waals surface area contributed by atoms with Crippen LogP contribution in [0, 0.1) is 0 Å². The number of morpholine rings is 1. The molecule has 1 aromatic rings. The normalized spacial score (nSPS) is 16.7. The van der Waals surface area contributed by atoms with Crippen molar-refractivity contribution in [2.24, 2.45) is 0 Å². The van der Waals surface area contributed by atoms with Crippen LogP contribution in [-0.4, -0.2) is 56.3 Å². The van der Waals surface area contributed by atoms with Crippen molar-refractivity contribution in [2.75, 3.05) is 39.4 Å². The molecule has 1 aliphatic heterocycles. The van der Waals surface area contributed by atoms with E-state index >= 15 is 0 Å². The monoisotopic (exact) mass is 394 g/mol. The van der Waals surface area contributed by atoms with Crippen LogP contribution in [0.4, 0.5) is 0 Å². The van der Waals surface area contributed by atoms with Gasteiger partial charge >= 0.3 is 0 Å². The van der Waals surface area contributed by atoms with Crippen LogP contribution < -0.4 is 10.1 Å². The highest BCUT2D eigenvalue weighted by atomic mass is 35.5. The predicted molar refractivity (Wildman–Crippen MR) is 96.4 cm³/mol. The van der Waals surface area contributed by atoms with E-state index in [4.69, 9.17) is 44.3 Å². The third kappa shape index (κ3) is 5.97. The summed E-state index contributed by atoms with van der Waals surface area (Å²) in [6, 6.07) is 3.00. The van der Waals surface area contributed by atoms with Gasteiger partial charge < -0.3 is 14.8 Å². The zero-order valence-corrected chi connectivity index (χ0v) is 15.8. The quantitative estimate of drug-likeness (QED) is 0.569. The number of halogens is 3. The molecular weight excluding hydrogens is 375 g/mol. The molecule has 5 nitrogen and oxygen atoms in total. The summed E-state index contributed by atoms with van der Waals surface area (Å²) in [5.41, 5.74) is 0. The van der Waals surface area contributed by atoms with E-state index in [1.165, 1.54) is 12.1 Å². The molecule has 2 rings (SSSR count). The Morgan fingerprint density at radius 2 is 1.92 bits per heavy atom. The number of carbonyl (C=O) groups excluding carboxylic acids is 1. The fourth-order valence-electron chi connectivity index (χ4n) is 2.32. The number of ether oxygens (including phenoxy) is 2. The molecule has 8 heteroatoms. The van der Waals surface area contributed by atoms with E-state index in [0.29, 0.717) is 27.4 Å². The molecule has 24 heavy (non-hydrogen) atoms. The van der Waals surface area contributed by atoms with Crippen LogP contribution in [0.2, 0.25) is 15.1 Å². The fourth-order valence-corrected chi connectivity index (χ4v) is 2.90. The third-order valence-corrected chi connectivity index (χ3v) is 4.72. The van der Waals surface area contributed by atoms with Crippen molar-refractivity contribution < 1.29 is 14.3 Å². The molecule has 0 spiro atoms. The van der Waals surface area contributed by atoms with Crippen LogP contribution in [0.1, 0.15) is 13.3 Å². The van der Waals surface area contributed by atoms with E-state index in [1.54, 1.807) is 6.92 Å². The number of hydrogen-bond acceptors (Lipinski definition) is 4. The first-order chi connectivity index (χ1) is 11.5. The smallest absolute Gasteiger partial charge is 0.260 e. The lowest BCUT2D eigenvalue weighted by Gasteiger charge is -2.26. The molecule has 134 valence electrons. The van der Waals surface area contributed by atoms with Crippen molar-refractivity contribution >= 4 is 40.7 Å². The molecule has 1 atom stereocenters. The van der Waals surface area contributed by atoms with Crippen molar-refractivity contribution in [3.05, 3.63) is 27.2 Å². The minimum absolute atomic E-state index is 0.195. The molecule has 1 saturated heterocycles. The molecular formula is C16H21Cl3N2O3. The maximum absolute atomic E-state index is 12.1. The van der Waals surface area contributed by atoms with Gasteiger partial charge in [-0.05, 0) is 26.0 Å². The lowest BCUT2D eigenvalue weighted by Crippen LogP contribution is -2.40. The molecule has 0 saturated carbocycles. The van der Waals surface area contributed by atoms with Crippen molar-refractivity contribution in [1.82, 2.24) is 10.2 Å². The Labute approximate surface area is 157 Å². The molecule has 0 aliphatic carbocycles. The molecule has 0 radical (unpaired) electrons. The summed E-state index contributed by atoms with van der Waals surface area (Å²) >= 11 is 17.9. The Bertz CT molecular complexity index is 566. The van der Waals surface area contributed by atoms with Gasteiger partial charge in [0.15, 0.2) is 6.10 Å². The van der Waals surface area contributed by atoms with Gasteiger partial charge in [0.2, 0.25) is 0 Å². The summed E-state index contributed by atoms with van der Waals surface area (Å²) in [7, 11) is 0. The van der Waals surface area contributed by atoms with Crippen LogP contribution in [0.25, 0.3) is 0 Å². The van der Waals surface area contributed by atoms with E-state index < -0.39 is 6.10 Å². The third-order valence-electron chi connectivity index (χ3n) is 3.70. The van der Waals surface area contributed by atoms with Gasteiger partial charge in [0, 0.05) is 25.7 Å². The minimum Gasteiger partial charge on any atom is -0.479 e. The number of rotatable bonds is 7. The van der Waals surface area contributed by atoms with E-state index in [-0.39, 0.29) is 5.91 Å². The number of nitrogens with zero attached hydrogens (tertiary/aromatic N) is 1. The Hall–Kier alpha value is -0.720. The van der Waals surface area contributed by atoms with Gasteiger partial charge in [-0.3, -0.25) is 9.69 Å². The first-order valence-electron chi connectivity index (χ1n) is 7.86. The summed E-state index contributed by atoms with van der Waals surface area (Å²) in [5, 5.41) is 3.85. The highest BCUT2D eigenvalue weighted by molar-refractivity contribution is 6.43. The Kier molecular flexibility index (Phi) is 7.91. The van der Waals surface area contributed by atoms with Crippen LogP contribution in [-0.2, 0) is 9.53 Å². The van der Waals surface area contributed by atoms with Crippen molar-refractivity contribution in [3.63, 3.8) is 0 Å². The highest BCUT2D eigenvalue weighted by Crippen LogP contribution is 2.34. The summed E-state index contributed by atoms with van der Waals surface area (Å²) in [6.45, 7) is 6.66. The second-order valence-corrected chi connectivity index (χ2v) is 6.78. The number of hydrogen-bond donors (Lipinski definition) is 1. The van der Waals surface area contributed by atoms with Gasteiger partial charge in [-0.15, -0.1) is 0 Å². The average Bonchev–Trinajstić information content (AvgIpc) is 2.57. The first kappa shape index (κ1) is 19.6. The van der Waals surface area contributed by atoms with Crippen molar-refractivity contribution in [1.29, 1.82) is 0 Å². The number of amides is 1. The maximum Gasteiger partial charge on any atom is 0.260 e. The van der Waals surface area contributed by atoms with E-state index in [9.17, 15) is 4.79 Å². The standard InChI is InChI=1S/C16H21Cl3N2O3/c1-11(24-15-10-13(18)12(17)9-14(15)19)16(22)20-3-2-4-21-5-7-23-8-6-21/h9-11H,2-8H2,1H3,(H,20,22). The van der Waals surface area contributed by atoms with Gasteiger partial charge in [-0.1, -0.05) is 34.8 Å². The van der Waals surface area contributed by atoms with Gasteiger partial charge in [-0.25, -0.2) is 0 Å². The molecule has 0 aromatic heterocycles. The largest absolute Gasteiger partial charge is 0.479 e. The number of benzene rings is 1. The predicted octanol–water partition coefficient (Wildman–Crippen LogP) is 3.25. The van der Waals surface area contributed by atoms with Gasteiger partial charge in [0.25, 0.3) is 5.91 Å². The molecule has 1 aromatic carbocycles. The Morgan fingerprint density at radius 1 is 1.25 bits per heavy atom. The summed E-state index contributed by atoms with van der Waals surface area (Å²) in [4.78, 5) is 14.4. The van der Waals surface area contributed by atoms with Crippen LogP contribution in [0.15, 0.2) is 12.1 Å². The second kappa shape index (κ2) is 9.68. The van der Waals surface area contributed by atoms with E-state index in [0.717, 1.165) is 39.3 Å². The lowest BCUT2D eigenvalue weighted by molar-refractivity contribution is -0.127. The van der Waals surface area contributed by atoms with Crippen molar-refractivity contribution in [2.45, 2.75) is 19.4 Å². The molecule has 1 aliphatic rings. The summed E-state index contributed by atoms with van der Waals surface area (Å²) in [6.07, 6.45) is 0.203. The molecule has 1 heterocycles. The van der Waals surface area contributed by atoms with Gasteiger partial charge in [0.05, 0.1) is 28.3 Å². The van der Waals surface area contributed by atoms with Crippen LogP contribution in [0.5, 0.6) is 5.75 Å². The maximum atomic E-state index is 12.1. The Balaban J connectivity index is 1.73. The molecule has 1 fully saturated rings. The van der Waals surface area contributed by atoms with E-state index in [2.05, 4.69) is 10.2 Å². The zero-order chi connectivity index (χ0) is 17.5. The van der Waals surface area contributed by atoms with Crippen LogP contribution >= 0.6 is 34.8 Å². The molecule has 1 N–H and O–H groups in total. The average molecular weight is 396 g/mol. The lowest BCUT2D eigenvalue weighted by atomic mass is 10.3. The molecule has 1 unspecified atom stereocenters. The fraction of sp³-hybridized carbons (Fsp3) is 0.562. The number of nitrogens with one attached hydrogen (secondary N) is 1. The minimum atomic E-state index is -0.678. The summed E-state index contributed by atoms with van der Waals surface area (Å²) < 4.78 is 10.9. The SMILES string of the molecule is CC(Oc1cc(Cl)c(Cl)cc1Cl)C(=O)NCCCN1CCOCC1. The highest BCUT2D eigenvalue weighted by Gasteiger charge is 2.17. The Morgan fingerprint density at radius 3 is 2.62 bits per heavy atom. The zero-order valence-electron chi connectivity index (χ0n) is 13.5. The number of carbonyl (C=O) groups is 1. The van der Waals surface area contributed by atoms with Gasteiger partial charge in [-0.2, -0.15) is 0 Å². The summed E-state index contributed by atoms with van der Waals surface area (Å²) in [5.74, 6) is 0.140. The van der Waals surface area contributed by atoms with E-state index in [1.807, 2.05) is 0 Å². The molecule has 1 amide bonds. The van der Waals surface area contributed by atoms with Crippen molar-refractivity contribution in [3.8, 4) is 5.75 Å². The second-order valence-electron chi connectivity index (χ2n) is 5.56. The first-order valence-corrected chi connectivity index (χ1v) is 9.00.